The van der Waals surface area contributed by atoms with E-state index in [-0.39, 0.29) is 24.7 Å². The average Bonchev–Trinajstić information content (AvgIpc) is 3.09. The molecule has 0 fully saturated rings. The number of hydrogen-bond donors (Lipinski definition) is 2. The SMILES string of the molecule is CNCCN(CC=O)C(=O)c1ccc(CN(C=O)C(Cc2ccc(NC(=O)c3cccc(C(F)(F)F)c3F)cc2C)c2ccccc2)cc1. The van der Waals surface area contributed by atoms with Crippen LogP contribution in [0.25, 0.3) is 0 Å². The summed E-state index contributed by atoms with van der Waals surface area (Å²) >= 11 is 0. The Labute approximate surface area is 281 Å². The first kappa shape index (κ1) is 36.5. The Kier molecular flexibility index (Phi) is 12.4. The highest BCUT2D eigenvalue weighted by atomic mass is 19.4. The lowest BCUT2D eigenvalue weighted by molar-refractivity contribution is -0.140. The van der Waals surface area contributed by atoms with Gasteiger partial charge >= 0.3 is 6.18 Å². The largest absolute Gasteiger partial charge is 0.419 e. The van der Waals surface area contributed by atoms with Crippen LogP contribution in [0.4, 0.5) is 23.2 Å². The fraction of sp³-hybridized carbons (Fsp3) is 0.243. The van der Waals surface area contributed by atoms with Gasteiger partial charge in [0.1, 0.15) is 12.1 Å². The van der Waals surface area contributed by atoms with E-state index in [1.54, 1.807) is 61.3 Å². The van der Waals surface area contributed by atoms with Gasteiger partial charge in [0.05, 0.1) is 23.7 Å². The number of carbonyl (C=O) groups is 4. The molecule has 8 nitrogen and oxygen atoms in total. The third-order valence-electron chi connectivity index (χ3n) is 8.06. The minimum Gasteiger partial charge on any atom is -0.334 e. The van der Waals surface area contributed by atoms with Gasteiger partial charge in [-0.1, -0.05) is 54.6 Å². The maximum atomic E-state index is 14.5. The number of hydrogen-bond acceptors (Lipinski definition) is 5. The first-order valence-electron chi connectivity index (χ1n) is 15.5. The molecular formula is C37H36F4N4O4. The molecule has 0 aliphatic rings. The summed E-state index contributed by atoms with van der Waals surface area (Å²) < 4.78 is 54.0. The number of halogens is 4. The van der Waals surface area contributed by atoms with Crippen molar-refractivity contribution >= 4 is 30.2 Å². The molecule has 4 aromatic carbocycles. The molecular weight excluding hydrogens is 640 g/mol. The van der Waals surface area contributed by atoms with Gasteiger partial charge in [0.25, 0.3) is 11.8 Å². The van der Waals surface area contributed by atoms with Crippen molar-refractivity contribution < 1.29 is 36.7 Å². The number of carbonyl (C=O) groups excluding carboxylic acids is 4. The molecule has 4 aromatic rings. The molecule has 0 saturated heterocycles. The van der Waals surface area contributed by atoms with Crippen molar-refractivity contribution in [2.24, 2.45) is 0 Å². The van der Waals surface area contributed by atoms with Crippen molar-refractivity contribution in [1.29, 1.82) is 0 Å². The van der Waals surface area contributed by atoms with Crippen molar-refractivity contribution in [3.63, 3.8) is 0 Å². The Morgan fingerprint density at radius 1 is 0.918 bits per heavy atom. The predicted octanol–water partition coefficient (Wildman–Crippen LogP) is 6.21. The third-order valence-corrected chi connectivity index (χ3v) is 8.06. The Morgan fingerprint density at radius 3 is 2.24 bits per heavy atom. The fourth-order valence-electron chi connectivity index (χ4n) is 5.42. The molecule has 1 unspecified atom stereocenters. The molecule has 0 aromatic heterocycles. The Bertz CT molecular complexity index is 1760. The normalized spacial score (nSPS) is 11.8. The summed E-state index contributed by atoms with van der Waals surface area (Å²) in [6.07, 6.45) is -3.13. The summed E-state index contributed by atoms with van der Waals surface area (Å²) in [4.78, 5) is 52.4. The average molecular weight is 677 g/mol. The first-order valence-corrected chi connectivity index (χ1v) is 15.5. The molecule has 3 amide bonds. The molecule has 0 saturated carbocycles. The van der Waals surface area contributed by atoms with Crippen LogP contribution >= 0.6 is 0 Å². The molecule has 4 rings (SSSR count). The summed E-state index contributed by atoms with van der Waals surface area (Å²) in [7, 11) is 1.76. The van der Waals surface area contributed by atoms with Crippen LogP contribution in [0.5, 0.6) is 0 Å². The Hall–Kier alpha value is -5.36. The second-order valence-corrected chi connectivity index (χ2v) is 11.4. The van der Waals surface area contributed by atoms with E-state index in [2.05, 4.69) is 10.6 Å². The van der Waals surface area contributed by atoms with E-state index in [1.807, 2.05) is 30.3 Å². The lowest BCUT2D eigenvalue weighted by atomic mass is 9.94. The van der Waals surface area contributed by atoms with E-state index >= 15 is 0 Å². The lowest BCUT2D eigenvalue weighted by Crippen LogP contribution is -2.37. The number of aldehydes is 1. The molecule has 12 heteroatoms. The van der Waals surface area contributed by atoms with Gasteiger partial charge in [0.2, 0.25) is 6.41 Å². The smallest absolute Gasteiger partial charge is 0.334 e. The summed E-state index contributed by atoms with van der Waals surface area (Å²) in [5.74, 6) is -2.95. The highest BCUT2D eigenvalue weighted by molar-refractivity contribution is 6.04. The van der Waals surface area contributed by atoms with Crippen LogP contribution in [0, 0.1) is 12.7 Å². The van der Waals surface area contributed by atoms with Gasteiger partial charge in [-0.3, -0.25) is 14.4 Å². The maximum Gasteiger partial charge on any atom is 0.419 e. The minimum absolute atomic E-state index is 0.0267. The summed E-state index contributed by atoms with van der Waals surface area (Å²) in [5.41, 5.74) is 1.63. The molecule has 0 radical (unpaired) electrons. The van der Waals surface area contributed by atoms with Gasteiger partial charge in [-0.2, -0.15) is 13.2 Å². The van der Waals surface area contributed by atoms with E-state index in [0.717, 1.165) is 40.8 Å². The number of aryl methyl sites for hydroxylation is 1. The molecule has 0 heterocycles. The van der Waals surface area contributed by atoms with Crippen LogP contribution in [0.1, 0.15) is 54.6 Å². The zero-order chi connectivity index (χ0) is 35.6. The fourth-order valence-corrected chi connectivity index (χ4v) is 5.42. The topological polar surface area (TPSA) is 98.8 Å². The highest BCUT2D eigenvalue weighted by Gasteiger charge is 2.35. The molecule has 49 heavy (non-hydrogen) atoms. The van der Waals surface area contributed by atoms with Gasteiger partial charge in [-0.15, -0.1) is 0 Å². The maximum absolute atomic E-state index is 14.5. The second kappa shape index (κ2) is 16.6. The van der Waals surface area contributed by atoms with Gasteiger partial charge in [-0.25, -0.2) is 4.39 Å². The number of amides is 3. The van der Waals surface area contributed by atoms with E-state index < -0.39 is 35.1 Å². The highest BCUT2D eigenvalue weighted by Crippen LogP contribution is 2.33. The number of alkyl halides is 3. The molecule has 0 bridgehead atoms. The van der Waals surface area contributed by atoms with Crippen LogP contribution in [-0.4, -0.2) is 61.0 Å². The summed E-state index contributed by atoms with van der Waals surface area (Å²) in [6.45, 7) is 2.90. The molecule has 256 valence electrons. The Morgan fingerprint density at radius 2 is 1.63 bits per heavy atom. The number of rotatable bonds is 15. The lowest BCUT2D eigenvalue weighted by Gasteiger charge is -2.30. The van der Waals surface area contributed by atoms with Crippen molar-refractivity contribution in [3.8, 4) is 0 Å². The molecule has 0 aliphatic heterocycles. The zero-order valence-corrected chi connectivity index (χ0v) is 27.0. The molecule has 0 aliphatic carbocycles. The molecule has 2 N–H and O–H groups in total. The molecule has 0 spiro atoms. The zero-order valence-electron chi connectivity index (χ0n) is 27.0. The van der Waals surface area contributed by atoms with Crippen molar-refractivity contribution in [1.82, 2.24) is 15.1 Å². The van der Waals surface area contributed by atoms with Crippen molar-refractivity contribution in [2.75, 3.05) is 32.0 Å². The quantitative estimate of drug-likeness (QED) is 0.115. The van der Waals surface area contributed by atoms with Crippen molar-refractivity contribution in [2.45, 2.75) is 32.1 Å². The van der Waals surface area contributed by atoms with Gasteiger partial charge < -0.3 is 25.2 Å². The second-order valence-electron chi connectivity index (χ2n) is 11.4. The van der Waals surface area contributed by atoms with Crippen LogP contribution in [0.3, 0.4) is 0 Å². The Balaban J connectivity index is 1.53. The first-order chi connectivity index (χ1) is 23.5. The van der Waals surface area contributed by atoms with Crippen molar-refractivity contribution in [3.05, 3.63) is 136 Å². The van der Waals surface area contributed by atoms with Gasteiger partial charge in [0, 0.05) is 30.9 Å². The summed E-state index contributed by atoms with van der Waals surface area (Å²) in [5, 5.41) is 5.43. The van der Waals surface area contributed by atoms with Gasteiger partial charge in [-0.05, 0) is 79.0 Å². The third kappa shape index (κ3) is 9.38. The van der Waals surface area contributed by atoms with Crippen LogP contribution in [0.2, 0.25) is 0 Å². The predicted molar refractivity (Wildman–Crippen MR) is 177 cm³/mol. The minimum atomic E-state index is -4.95. The van der Waals surface area contributed by atoms with E-state index in [1.165, 1.54) is 4.90 Å². The number of likely N-dealkylation sites (N-methyl/N-ethyl adjacent to an activating group) is 1. The number of benzene rings is 4. The van der Waals surface area contributed by atoms with E-state index in [0.29, 0.717) is 37.4 Å². The van der Waals surface area contributed by atoms with Crippen LogP contribution in [-0.2, 0) is 28.7 Å². The summed E-state index contributed by atoms with van der Waals surface area (Å²) in [6, 6.07) is 23.3. The molecule has 1 atom stereocenters. The standard InChI is InChI=1S/C37H36F4N4O4/c1-25-21-30(43-35(48)31-9-6-10-32(34(31)38)37(39,40)41)16-15-29(25)22-33(27-7-4-3-5-8-27)45(24-47)23-26-11-13-28(14-12-26)36(49)44(19-20-46)18-17-42-2/h3-16,20-21,24,33,42H,17-19,22-23H2,1-2H3,(H,43,48). The number of anilines is 1. The van der Waals surface area contributed by atoms with Gasteiger partial charge in [0.15, 0.2) is 0 Å². The number of nitrogens with zero attached hydrogens (tertiary/aromatic N) is 2. The van der Waals surface area contributed by atoms with Crippen LogP contribution < -0.4 is 10.6 Å². The van der Waals surface area contributed by atoms with Crippen LogP contribution in [0.15, 0.2) is 91.0 Å². The van der Waals surface area contributed by atoms with E-state index in [4.69, 9.17) is 0 Å². The number of nitrogens with one attached hydrogen (secondary N) is 2. The monoisotopic (exact) mass is 676 g/mol. The van der Waals surface area contributed by atoms with E-state index in [9.17, 15) is 36.7 Å².